The molecule has 9 nitrogen and oxygen atoms in total. The van der Waals surface area contributed by atoms with E-state index in [0.29, 0.717) is 24.6 Å². The van der Waals surface area contributed by atoms with Gasteiger partial charge in [0.2, 0.25) is 0 Å². The molecule has 2 saturated heterocycles. The highest BCUT2D eigenvalue weighted by Gasteiger charge is 2.51. The molecule has 1 aromatic carbocycles. The Labute approximate surface area is 224 Å². The number of piperazine rings is 1. The lowest BCUT2D eigenvalue weighted by molar-refractivity contribution is 0.0117. The number of cyclic esters (lactones) is 1. The highest BCUT2D eigenvalue weighted by molar-refractivity contribution is 7.98. The summed E-state index contributed by atoms with van der Waals surface area (Å²) in [7, 11) is 0. The van der Waals surface area contributed by atoms with Crippen molar-refractivity contribution in [2.45, 2.75) is 43.0 Å². The number of nitrogens with zero attached hydrogens (tertiary/aromatic N) is 5. The summed E-state index contributed by atoms with van der Waals surface area (Å²) < 4.78 is 6.14. The van der Waals surface area contributed by atoms with Crippen LogP contribution < -0.4 is 0 Å². The lowest BCUT2D eigenvalue weighted by Crippen LogP contribution is -2.64. The minimum atomic E-state index is -0.854. The molecule has 2 amide bonds. The summed E-state index contributed by atoms with van der Waals surface area (Å²) in [6.45, 7) is 3.12. The normalized spacial score (nSPS) is 20.2. The Hall–Kier alpha value is -2.76. The van der Waals surface area contributed by atoms with E-state index in [1.807, 2.05) is 36.8 Å². The van der Waals surface area contributed by atoms with E-state index in [1.165, 1.54) is 0 Å². The number of thioether (sulfide) groups is 1. The van der Waals surface area contributed by atoms with Gasteiger partial charge in [0, 0.05) is 42.4 Å². The van der Waals surface area contributed by atoms with Crippen molar-refractivity contribution in [2.75, 3.05) is 39.1 Å². The smallest absolute Gasteiger partial charge is 0.410 e. The van der Waals surface area contributed by atoms with Crippen molar-refractivity contribution in [1.29, 1.82) is 0 Å². The van der Waals surface area contributed by atoms with Gasteiger partial charge in [-0.3, -0.25) is 9.69 Å². The van der Waals surface area contributed by atoms with Gasteiger partial charge >= 0.3 is 6.09 Å². The van der Waals surface area contributed by atoms with Gasteiger partial charge < -0.3 is 14.7 Å². The Morgan fingerprint density at radius 1 is 1.24 bits per heavy atom. The predicted octanol–water partition coefficient (Wildman–Crippen LogP) is 3.65. The summed E-state index contributed by atoms with van der Waals surface area (Å²) in [5.74, 6) is 1.31. The van der Waals surface area contributed by atoms with Crippen molar-refractivity contribution in [3.05, 3.63) is 47.0 Å². The molecule has 2 aliphatic heterocycles. The van der Waals surface area contributed by atoms with E-state index >= 15 is 0 Å². The van der Waals surface area contributed by atoms with Crippen LogP contribution in [0.5, 0.6) is 0 Å². The van der Waals surface area contributed by atoms with Gasteiger partial charge in [0.1, 0.15) is 18.0 Å². The molecule has 2 aliphatic rings. The van der Waals surface area contributed by atoms with Gasteiger partial charge in [-0.1, -0.05) is 6.92 Å². The van der Waals surface area contributed by atoms with Crippen LogP contribution in [0.4, 0.5) is 4.79 Å². The van der Waals surface area contributed by atoms with Gasteiger partial charge in [-0.05, 0) is 49.6 Å². The van der Waals surface area contributed by atoms with Crippen LogP contribution in [0.3, 0.4) is 0 Å². The van der Waals surface area contributed by atoms with Gasteiger partial charge in [0.15, 0.2) is 0 Å². The summed E-state index contributed by atoms with van der Waals surface area (Å²) in [6.07, 6.45) is 9.18. The average Bonchev–Trinajstić information content (AvgIpc) is 3.50. The first-order valence-electron chi connectivity index (χ1n) is 12.5. The zero-order valence-electron chi connectivity index (χ0n) is 21.1. The zero-order valence-corrected chi connectivity index (χ0v) is 22.7. The molecule has 2 fully saturated rings. The molecule has 37 heavy (non-hydrogen) atoms. The number of ether oxygens (including phenoxy) is 1. The van der Waals surface area contributed by atoms with E-state index in [2.05, 4.69) is 16.9 Å². The van der Waals surface area contributed by atoms with Crippen LogP contribution in [0, 0.1) is 5.92 Å². The van der Waals surface area contributed by atoms with Crippen molar-refractivity contribution in [1.82, 2.24) is 24.8 Å². The number of fused-ring (bicyclic) bond motifs is 2. The number of hydrogen-bond donors (Lipinski definition) is 1. The van der Waals surface area contributed by atoms with E-state index in [0.717, 1.165) is 51.6 Å². The van der Waals surface area contributed by atoms with Crippen LogP contribution in [0.25, 0.3) is 10.2 Å². The van der Waals surface area contributed by atoms with E-state index in [1.54, 1.807) is 32.9 Å². The molecular weight excluding hydrogens is 510 g/mol. The molecule has 0 spiro atoms. The Kier molecular flexibility index (Phi) is 7.64. The highest BCUT2D eigenvalue weighted by atomic mass is 32.2. The molecule has 1 N–H and O–H groups in total. The number of benzene rings is 1. The largest absolute Gasteiger partial charge is 0.447 e. The van der Waals surface area contributed by atoms with Crippen LogP contribution in [-0.2, 0) is 17.6 Å². The number of rotatable bonds is 9. The minimum Gasteiger partial charge on any atom is -0.447 e. The molecule has 2 atom stereocenters. The van der Waals surface area contributed by atoms with Crippen LogP contribution >= 0.6 is 23.1 Å². The molecule has 196 valence electrons. The van der Waals surface area contributed by atoms with Crippen molar-refractivity contribution < 1.29 is 19.4 Å². The van der Waals surface area contributed by atoms with E-state index < -0.39 is 11.6 Å². The zero-order chi connectivity index (χ0) is 26.0. The molecular formula is C26H31N5O4S2. The van der Waals surface area contributed by atoms with Gasteiger partial charge in [-0.15, -0.1) is 23.1 Å². The third-order valence-corrected chi connectivity index (χ3v) is 8.99. The maximum Gasteiger partial charge on any atom is 0.410 e. The number of aliphatic hydroxyl groups is 1. The number of aliphatic hydroxyl groups excluding tert-OH is 1. The molecule has 0 bridgehead atoms. The van der Waals surface area contributed by atoms with Gasteiger partial charge in [0.05, 0.1) is 28.4 Å². The SMILES string of the molecule is CSc1cnc(CC[C@H](C)CCc2nc3ccc(C(=O)N4CCN5C(=O)OCC5(CO)C4)cc3s2)nc1. The topological polar surface area (TPSA) is 109 Å². The van der Waals surface area contributed by atoms with Crippen LogP contribution in [-0.4, -0.2) is 86.5 Å². The number of aryl methyl sites for hydroxylation is 2. The Bertz CT molecular complexity index is 1280. The maximum absolute atomic E-state index is 13.3. The number of carbonyl (C=O) groups excluding carboxylic acids is 2. The standard InChI is InChI=1S/C26H31N5O4S2/c1-17(3-7-22-27-12-19(36-2)13-28-22)4-8-23-29-20-6-5-18(11-21(20)37-23)24(33)30-9-10-31-25(34)35-16-26(31,14-30)15-32/h5-6,11-13,17,32H,3-4,7-10,14-16H2,1-2H3/t17-,26?/m0/s1. The lowest BCUT2D eigenvalue weighted by Gasteiger charge is -2.43. The summed E-state index contributed by atoms with van der Waals surface area (Å²) in [5.41, 5.74) is 0.640. The van der Waals surface area contributed by atoms with Gasteiger partial charge in [-0.25, -0.2) is 19.7 Å². The number of hydrogen-bond acceptors (Lipinski definition) is 9. The van der Waals surface area contributed by atoms with Crippen LogP contribution in [0.15, 0.2) is 35.5 Å². The Balaban J connectivity index is 1.18. The average molecular weight is 542 g/mol. The second-order valence-electron chi connectivity index (χ2n) is 9.83. The second kappa shape index (κ2) is 10.9. The summed E-state index contributed by atoms with van der Waals surface area (Å²) in [5, 5.41) is 11.0. The fraction of sp³-hybridized carbons (Fsp3) is 0.500. The van der Waals surface area contributed by atoms with E-state index in [4.69, 9.17) is 9.72 Å². The van der Waals surface area contributed by atoms with Gasteiger partial charge in [0.25, 0.3) is 5.91 Å². The van der Waals surface area contributed by atoms with Crippen molar-refractivity contribution in [3.8, 4) is 0 Å². The summed E-state index contributed by atoms with van der Waals surface area (Å²) in [6, 6.07) is 5.63. The number of amides is 2. The molecule has 2 aromatic heterocycles. The lowest BCUT2D eigenvalue weighted by atomic mass is 9.96. The first-order chi connectivity index (χ1) is 17.9. The summed E-state index contributed by atoms with van der Waals surface area (Å²) >= 11 is 3.28. The third-order valence-electron chi connectivity index (χ3n) is 7.23. The second-order valence-corrected chi connectivity index (χ2v) is 11.8. The molecule has 0 aliphatic carbocycles. The van der Waals surface area contributed by atoms with Crippen LogP contribution in [0.2, 0.25) is 0 Å². The monoisotopic (exact) mass is 541 g/mol. The molecule has 0 radical (unpaired) electrons. The number of thiazole rings is 1. The first-order valence-corrected chi connectivity index (χ1v) is 14.5. The highest BCUT2D eigenvalue weighted by Crippen LogP contribution is 2.30. The molecule has 4 heterocycles. The predicted molar refractivity (Wildman–Crippen MR) is 143 cm³/mol. The quantitative estimate of drug-likeness (QED) is 0.409. The van der Waals surface area contributed by atoms with Crippen LogP contribution in [0.1, 0.15) is 41.0 Å². The van der Waals surface area contributed by atoms with E-state index in [-0.39, 0.29) is 25.7 Å². The maximum atomic E-state index is 13.3. The molecule has 1 unspecified atom stereocenters. The summed E-state index contributed by atoms with van der Waals surface area (Å²) in [4.78, 5) is 43.3. The molecule has 5 rings (SSSR count). The minimum absolute atomic E-state index is 0.0963. The van der Waals surface area contributed by atoms with E-state index in [9.17, 15) is 14.7 Å². The van der Waals surface area contributed by atoms with Crippen molar-refractivity contribution in [2.24, 2.45) is 5.92 Å². The number of carbonyl (C=O) groups is 2. The number of aromatic nitrogens is 3. The Morgan fingerprint density at radius 2 is 2.03 bits per heavy atom. The van der Waals surface area contributed by atoms with Gasteiger partial charge in [-0.2, -0.15) is 0 Å². The van der Waals surface area contributed by atoms with Crippen molar-refractivity contribution >= 4 is 45.3 Å². The first kappa shape index (κ1) is 25.9. The molecule has 3 aromatic rings. The third kappa shape index (κ3) is 5.44. The fourth-order valence-corrected chi connectivity index (χ4v) is 6.21. The molecule has 0 saturated carbocycles. The fourth-order valence-electron chi connectivity index (χ4n) is 4.88. The molecule has 11 heteroatoms. The Morgan fingerprint density at radius 3 is 2.78 bits per heavy atom. The van der Waals surface area contributed by atoms with Crippen molar-refractivity contribution in [3.63, 3.8) is 0 Å².